The summed E-state index contributed by atoms with van der Waals surface area (Å²) in [7, 11) is 0. The fourth-order valence-corrected chi connectivity index (χ4v) is 6.25. The lowest BCUT2D eigenvalue weighted by Gasteiger charge is -2.59. The molecule has 21 heavy (non-hydrogen) atoms. The first-order chi connectivity index (χ1) is 10.1. The van der Waals surface area contributed by atoms with Crippen molar-refractivity contribution in [3.63, 3.8) is 0 Å². The molecule has 0 aromatic carbocycles. The van der Waals surface area contributed by atoms with Crippen LogP contribution in [0.5, 0.6) is 0 Å². The van der Waals surface area contributed by atoms with Crippen molar-refractivity contribution < 1.29 is 4.79 Å². The summed E-state index contributed by atoms with van der Waals surface area (Å²) in [6.07, 6.45) is 12.0. The van der Waals surface area contributed by atoms with Gasteiger partial charge in [0.05, 0.1) is 6.04 Å². The van der Waals surface area contributed by atoms with Crippen LogP contribution in [0, 0.1) is 23.2 Å². The van der Waals surface area contributed by atoms with Gasteiger partial charge in [0.15, 0.2) is 0 Å². The highest BCUT2D eigenvalue weighted by Crippen LogP contribution is 2.61. The van der Waals surface area contributed by atoms with E-state index in [1.54, 1.807) is 0 Å². The maximum absolute atomic E-state index is 12.5. The van der Waals surface area contributed by atoms with Crippen LogP contribution in [0.25, 0.3) is 0 Å². The van der Waals surface area contributed by atoms with E-state index in [9.17, 15) is 4.79 Å². The number of carbonyl (C=O) groups is 1. The van der Waals surface area contributed by atoms with Gasteiger partial charge in [-0.3, -0.25) is 4.79 Å². The molecule has 0 spiro atoms. The Morgan fingerprint density at radius 1 is 1.10 bits per heavy atom. The Balaban J connectivity index is 1.42. The standard InChI is InChI=1S/C18H30N2O/c1-12(20-17(21)16-4-2-3-5-19-16)18-9-13-6-14(10-18)8-15(7-13)11-18/h12-16,19H,2-11H2,1H3,(H,20,21). The SMILES string of the molecule is CC(NC(=O)C1CCCCN1)C12CC3CC(CC(C3)C1)C2. The Bertz CT molecular complexity index is 378. The molecule has 5 rings (SSSR count). The maximum atomic E-state index is 12.5. The molecule has 118 valence electrons. The second-order valence-electron chi connectivity index (χ2n) is 8.51. The fraction of sp³-hybridized carbons (Fsp3) is 0.944. The van der Waals surface area contributed by atoms with Crippen molar-refractivity contribution in [2.75, 3.05) is 6.54 Å². The molecule has 5 fully saturated rings. The number of nitrogens with one attached hydrogen (secondary N) is 2. The van der Waals surface area contributed by atoms with Gasteiger partial charge in [0.25, 0.3) is 0 Å². The number of hydrogen-bond donors (Lipinski definition) is 2. The molecule has 4 bridgehead atoms. The Morgan fingerprint density at radius 2 is 1.71 bits per heavy atom. The molecule has 1 amide bonds. The quantitative estimate of drug-likeness (QED) is 0.839. The van der Waals surface area contributed by atoms with Gasteiger partial charge >= 0.3 is 0 Å². The number of hydrogen-bond acceptors (Lipinski definition) is 2. The third-order valence-corrected chi connectivity index (χ3v) is 6.99. The van der Waals surface area contributed by atoms with E-state index in [1.807, 2.05) is 0 Å². The van der Waals surface area contributed by atoms with Gasteiger partial charge in [-0.1, -0.05) is 6.42 Å². The van der Waals surface area contributed by atoms with Crippen molar-refractivity contribution in [1.29, 1.82) is 0 Å². The first-order valence-corrected chi connectivity index (χ1v) is 9.18. The highest BCUT2D eigenvalue weighted by Gasteiger charge is 2.53. The van der Waals surface area contributed by atoms with Gasteiger partial charge in [0.1, 0.15) is 0 Å². The molecule has 0 aromatic heterocycles. The summed E-state index contributed by atoms with van der Waals surface area (Å²) in [5, 5.41) is 6.79. The minimum absolute atomic E-state index is 0.0649. The molecule has 1 heterocycles. The van der Waals surface area contributed by atoms with Crippen LogP contribution in [0.1, 0.15) is 64.7 Å². The first kappa shape index (κ1) is 14.0. The van der Waals surface area contributed by atoms with Crippen molar-refractivity contribution in [3.8, 4) is 0 Å². The number of rotatable bonds is 3. The monoisotopic (exact) mass is 290 g/mol. The normalized spacial score (nSPS) is 46.3. The molecule has 2 N–H and O–H groups in total. The minimum atomic E-state index is 0.0649. The molecular formula is C18H30N2O. The van der Waals surface area contributed by atoms with E-state index in [-0.39, 0.29) is 11.9 Å². The molecule has 0 radical (unpaired) electrons. The van der Waals surface area contributed by atoms with Gasteiger partial charge in [-0.2, -0.15) is 0 Å². The van der Waals surface area contributed by atoms with Crippen molar-refractivity contribution in [2.45, 2.75) is 76.8 Å². The summed E-state index contributed by atoms with van der Waals surface area (Å²) < 4.78 is 0. The first-order valence-electron chi connectivity index (χ1n) is 9.18. The predicted molar refractivity (Wildman–Crippen MR) is 83.9 cm³/mol. The van der Waals surface area contributed by atoms with Crippen LogP contribution in [-0.2, 0) is 4.79 Å². The van der Waals surface area contributed by atoms with Crippen molar-refractivity contribution >= 4 is 5.91 Å². The molecule has 2 atom stereocenters. The van der Waals surface area contributed by atoms with E-state index in [2.05, 4.69) is 17.6 Å². The van der Waals surface area contributed by atoms with Crippen LogP contribution in [0.3, 0.4) is 0 Å². The van der Waals surface area contributed by atoms with Crippen LogP contribution in [-0.4, -0.2) is 24.5 Å². The van der Waals surface area contributed by atoms with Crippen LogP contribution < -0.4 is 10.6 Å². The van der Waals surface area contributed by atoms with E-state index in [4.69, 9.17) is 0 Å². The van der Waals surface area contributed by atoms with Crippen LogP contribution >= 0.6 is 0 Å². The molecule has 4 saturated carbocycles. The summed E-state index contributed by atoms with van der Waals surface area (Å²) in [5.74, 6) is 3.15. The zero-order valence-corrected chi connectivity index (χ0v) is 13.4. The van der Waals surface area contributed by atoms with E-state index in [0.717, 1.165) is 30.7 Å². The molecule has 3 heteroatoms. The molecule has 1 saturated heterocycles. The summed E-state index contributed by atoms with van der Waals surface area (Å²) in [5.41, 5.74) is 0.430. The Hall–Kier alpha value is -0.570. The molecule has 5 aliphatic rings. The van der Waals surface area contributed by atoms with Crippen LogP contribution in [0.2, 0.25) is 0 Å². The van der Waals surface area contributed by atoms with Gasteiger partial charge < -0.3 is 10.6 Å². The number of amides is 1. The second kappa shape index (κ2) is 5.26. The molecule has 3 nitrogen and oxygen atoms in total. The smallest absolute Gasteiger partial charge is 0.237 e. The summed E-state index contributed by atoms with van der Waals surface area (Å²) in [6.45, 7) is 3.29. The zero-order chi connectivity index (χ0) is 14.4. The predicted octanol–water partition coefficient (Wildman–Crippen LogP) is 2.85. The van der Waals surface area contributed by atoms with Crippen molar-refractivity contribution in [1.82, 2.24) is 10.6 Å². The van der Waals surface area contributed by atoms with Crippen molar-refractivity contribution in [2.24, 2.45) is 23.2 Å². The number of carbonyl (C=O) groups excluding carboxylic acids is 1. The van der Waals surface area contributed by atoms with Crippen LogP contribution in [0.15, 0.2) is 0 Å². The summed E-state index contributed by atoms with van der Waals surface area (Å²) in [6, 6.07) is 0.428. The average Bonchev–Trinajstić information content (AvgIpc) is 2.46. The molecule has 4 aliphatic carbocycles. The van der Waals surface area contributed by atoms with Gasteiger partial charge in [-0.15, -0.1) is 0 Å². The topological polar surface area (TPSA) is 41.1 Å². The average molecular weight is 290 g/mol. The van der Waals surface area contributed by atoms with Gasteiger partial charge in [0, 0.05) is 6.04 Å². The molecule has 2 unspecified atom stereocenters. The third kappa shape index (κ3) is 2.52. The largest absolute Gasteiger partial charge is 0.352 e. The van der Waals surface area contributed by atoms with E-state index in [1.165, 1.54) is 51.4 Å². The highest BCUT2D eigenvalue weighted by molar-refractivity contribution is 5.82. The Kier molecular flexibility index (Phi) is 3.52. The Morgan fingerprint density at radius 3 is 2.24 bits per heavy atom. The molecule has 1 aliphatic heterocycles. The van der Waals surface area contributed by atoms with Crippen molar-refractivity contribution in [3.05, 3.63) is 0 Å². The van der Waals surface area contributed by atoms with E-state index >= 15 is 0 Å². The lowest BCUT2D eigenvalue weighted by molar-refractivity contribution is -0.128. The molecular weight excluding hydrogens is 260 g/mol. The Labute approximate surface area is 128 Å². The fourth-order valence-electron chi connectivity index (χ4n) is 6.25. The third-order valence-electron chi connectivity index (χ3n) is 6.99. The van der Waals surface area contributed by atoms with E-state index < -0.39 is 0 Å². The number of piperidine rings is 1. The lowest BCUT2D eigenvalue weighted by Crippen LogP contribution is -2.58. The summed E-state index contributed by atoms with van der Waals surface area (Å²) >= 11 is 0. The maximum Gasteiger partial charge on any atom is 0.237 e. The van der Waals surface area contributed by atoms with Gasteiger partial charge in [0.2, 0.25) is 5.91 Å². The van der Waals surface area contributed by atoms with Crippen LogP contribution in [0.4, 0.5) is 0 Å². The highest BCUT2D eigenvalue weighted by atomic mass is 16.2. The van der Waals surface area contributed by atoms with Gasteiger partial charge in [-0.05, 0) is 88.0 Å². The second-order valence-corrected chi connectivity index (χ2v) is 8.51. The zero-order valence-electron chi connectivity index (χ0n) is 13.4. The minimum Gasteiger partial charge on any atom is -0.352 e. The summed E-state index contributed by atoms with van der Waals surface area (Å²) in [4.78, 5) is 12.5. The van der Waals surface area contributed by atoms with Gasteiger partial charge in [-0.25, -0.2) is 0 Å². The molecule has 0 aromatic rings. The lowest BCUT2D eigenvalue weighted by atomic mass is 9.48. The van der Waals surface area contributed by atoms with E-state index in [0.29, 0.717) is 11.5 Å².